The fourth-order valence-electron chi connectivity index (χ4n) is 1.31. The molecule has 0 bridgehead atoms. The van der Waals surface area contributed by atoms with E-state index in [1.54, 1.807) is 25.6 Å². The number of aromatic nitrogens is 4. The lowest BCUT2D eigenvalue weighted by Crippen LogP contribution is -2.01. The van der Waals surface area contributed by atoms with Gasteiger partial charge in [-0.3, -0.25) is 4.98 Å². The smallest absolute Gasteiger partial charge is 0.321 e. The molecule has 0 radical (unpaired) electrons. The molecule has 0 saturated carbocycles. The Morgan fingerprint density at radius 3 is 2.78 bits per heavy atom. The molecule has 2 heterocycles. The zero-order valence-corrected chi connectivity index (χ0v) is 10.7. The summed E-state index contributed by atoms with van der Waals surface area (Å²) in [5, 5.41) is 0.0752. The van der Waals surface area contributed by atoms with Crippen molar-refractivity contribution in [3.63, 3.8) is 0 Å². The van der Waals surface area contributed by atoms with Crippen LogP contribution in [0.3, 0.4) is 0 Å². The highest BCUT2D eigenvalue weighted by Crippen LogP contribution is 2.21. The van der Waals surface area contributed by atoms with E-state index >= 15 is 0 Å². The molecule has 2 rings (SSSR count). The van der Waals surface area contributed by atoms with Crippen LogP contribution in [0.4, 0.5) is 0 Å². The fourth-order valence-corrected chi connectivity index (χ4v) is 1.46. The van der Waals surface area contributed by atoms with Crippen LogP contribution < -0.4 is 9.47 Å². The van der Waals surface area contributed by atoms with Crippen LogP contribution in [0.1, 0.15) is 6.92 Å². The van der Waals surface area contributed by atoms with E-state index in [0.29, 0.717) is 23.7 Å². The van der Waals surface area contributed by atoms with Crippen LogP contribution in [0, 0.1) is 0 Å². The normalized spacial score (nSPS) is 10.2. The Labute approximate surface area is 109 Å². The molecule has 0 atom stereocenters. The molecule has 0 saturated heterocycles. The third kappa shape index (κ3) is 2.84. The highest BCUT2D eigenvalue weighted by Gasteiger charge is 2.09. The average molecular weight is 267 g/mol. The second-order valence-electron chi connectivity index (χ2n) is 3.26. The average Bonchev–Trinajstić information content (AvgIpc) is 2.38. The van der Waals surface area contributed by atoms with E-state index in [-0.39, 0.29) is 11.3 Å². The number of halogens is 1. The van der Waals surface area contributed by atoms with Gasteiger partial charge in [-0.1, -0.05) is 0 Å². The van der Waals surface area contributed by atoms with E-state index in [0.717, 1.165) is 0 Å². The van der Waals surface area contributed by atoms with Crippen molar-refractivity contribution in [2.75, 3.05) is 13.7 Å². The van der Waals surface area contributed by atoms with E-state index in [1.807, 2.05) is 6.92 Å². The first-order valence-corrected chi connectivity index (χ1v) is 5.64. The lowest BCUT2D eigenvalue weighted by molar-refractivity contribution is 0.312. The van der Waals surface area contributed by atoms with Gasteiger partial charge < -0.3 is 9.47 Å². The number of methoxy groups -OCH3 is 1. The maximum absolute atomic E-state index is 5.82. The quantitative estimate of drug-likeness (QED) is 0.843. The molecule has 6 nitrogen and oxygen atoms in total. The van der Waals surface area contributed by atoms with Gasteiger partial charge in [0.15, 0.2) is 5.82 Å². The van der Waals surface area contributed by atoms with Gasteiger partial charge in [-0.05, 0) is 24.6 Å². The van der Waals surface area contributed by atoms with Crippen LogP contribution in [0.25, 0.3) is 11.4 Å². The van der Waals surface area contributed by atoms with Crippen LogP contribution in [-0.2, 0) is 0 Å². The SMILES string of the molecule is CCOc1nc(Cl)nc(-c2cncc(OC)c2)n1. The van der Waals surface area contributed by atoms with Gasteiger partial charge in [0.25, 0.3) is 0 Å². The zero-order chi connectivity index (χ0) is 13.0. The Hall–Kier alpha value is -1.95. The van der Waals surface area contributed by atoms with Crippen LogP contribution in [0.15, 0.2) is 18.5 Å². The maximum atomic E-state index is 5.82. The molecule has 0 N–H and O–H groups in total. The van der Waals surface area contributed by atoms with Crippen molar-refractivity contribution >= 4 is 11.6 Å². The van der Waals surface area contributed by atoms with E-state index in [9.17, 15) is 0 Å². The molecule has 0 unspecified atom stereocenters. The molecular formula is C11H11ClN4O2. The number of ether oxygens (including phenoxy) is 2. The maximum Gasteiger partial charge on any atom is 0.321 e. The lowest BCUT2D eigenvalue weighted by atomic mass is 10.2. The van der Waals surface area contributed by atoms with Gasteiger partial charge in [0.2, 0.25) is 5.28 Å². The predicted octanol–water partition coefficient (Wildman–Crippen LogP) is 1.99. The number of hydrogen-bond donors (Lipinski definition) is 0. The molecule has 0 fully saturated rings. The summed E-state index contributed by atoms with van der Waals surface area (Å²) in [7, 11) is 1.56. The van der Waals surface area contributed by atoms with Crippen molar-refractivity contribution in [3.05, 3.63) is 23.7 Å². The molecule has 0 amide bonds. The summed E-state index contributed by atoms with van der Waals surface area (Å²) in [5.41, 5.74) is 0.680. The van der Waals surface area contributed by atoms with E-state index < -0.39 is 0 Å². The van der Waals surface area contributed by atoms with Gasteiger partial charge in [-0.25, -0.2) is 0 Å². The van der Waals surface area contributed by atoms with Gasteiger partial charge in [-0.2, -0.15) is 15.0 Å². The number of pyridine rings is 1. The Balaban J connectivity index is 2.42. The van der Waals surface area contributed by atoms with Gasteiger partial charge >= 0.3 is 6.01 Å². The Morgan fingerprint density at radius 2 is 2.06 bits per heavy atom. The highest BCUT2D eigenvalue weighted by atomic mass is 35.5. The van der Waals surface area contributed by atoms with Crippen molar-refractivity contribution < 1.29 is 9.47 Å². The van der Waals surface area contributed by atoms with Gasteiger partial charge in [0.1, 0.15) is 5.75 Å². The summed E-state index contributed by atoms with van der Waals surface area (Å²) in [4.78, 5) is 16.1. The van der Waals surface area contributed by atoms with Gasteiger partial charge in [0, 0.05) is 11.8 Å². The first-order chi connectivity index (χ1) is 8.72. The van der Waals surface area contributed by atoms with Crippen LogP contribution in [0.2, 0.25) is 5.28 Å². The Bertz CT molecular complexity index is 550. The summed E-state index contributed by atoms with van der Waals surface area (Å²) >= 11 is 5.82. The topological polar surface area (TPSA) is 70.0 Å². The summed E-state index contributed by atoms with van der Waals surface area (Å²) in [6.07, 6.45) is 3.21. The standard InChI is InChI=1S/C11H11ClN4O2/c1-3-18-11-15-9(14-10(12)16-11)7-4-8(17-2)6-13-5-7/h4-6H,3H2,1-2H3. The summed E-state index contributed by atoms with van der Waals surface area (Å²) in [6.45, 7) is 2.29. The van der Waals surface area contributed by atoms with Gasteiger partial charge in [-0.15, -0.1) is 0 Å². The van der Waals surface area contributed by atoms with Crippen molar-refractivity contribution in [3.8, 4) is 23.1 Å². The molecular weight excluding hydrogens is 256 g/mol. The predicted molar refractivity (Wildman–Crippen MR) is 65.8 cm³/mol. The molecule has 94 valence electrons. The van der Waals surface area contributed by atoms with E-state index in [4.69, 9.17) is 21.1 Å². The van der Waals surface area contributed by atoms with Crippen LogP contribution in [0.5, 0.6) is 11.8 Å². The minimum atomic E-state index is 0.0752. The minimum absolute atomic E-state index is 0.0752. The molecule has 2 aromatic heterocycles. The monoisotopic (exact) mass is 266 g/mol. The third-order valence-electron chi connectivity index (χ3n) is 2.07. The summed E-state index contributed by atoms with van der Waals surface area (Å²) in [6, 6.07) is 1.95. The molecule has 0 aliphatic rings. The van der Waals surface area contributed by atoms with E-state index in [1.165, 1.54) is 0 Å². The van der Waals surface area contributed by atoms with Crippen LogP contribution >= 0.6 is 11.6 Å². The highest BCUT2D eigenvalue weighted by molar-refractivity contribution is 6.28. The second kappa shape index (κ2) is 5.59. The number of rotatable bonds is 4. The summed E-state index contributed by atoms with van der Waals surface area (Å²) < 4.78 is 10.3. The van der Waals surface area contributed by atoms with Crippen molar-refractivity contribution in [1.82, 2.24) is 19.9 Å². The Kier molecular flexibility index (Phi) is 3.88. The largest absolute Gasteiger partial charge is 0.495 e. The number of nitrogens with zero attached hydrogens (tertiary/aromatic N) is 4. The molecule has 0 aliphatic heterocycles. The van der Waals surface area contributed by atoms with Crippen molar-refractivity contribution in [2.24, 2.45) is 0 Å². The second-order valence-corrected chi connectivity index (χ2v) is 3.60. The molecule has 0 aliphatic carbocycles. The molecule has 2 aromatic rings. The van der Waals surface area contributed by atoms with Gasteiger partial charge in [0.05, 0.1) is 19.9 Å². The third-order valence-corrected chi connectivity index (χ3v) is 2.24. The summed E-state index contributed by atoms with van der Waals surface area (Å²) in [5.74, 6) is 1.01. The van der Waals surface area contributed by atoms with Crippen LogP contribution in [-0.4, -0.2) is 33.7 Å². The number of hydrogen-bond acceptors (Lipinski definition) is 6. The molecule has 0 aromatic carbocycles. The Morgan fingerprint density at radius 1 is 1.22 bits per heavy atom. The first-order valence-electron chi connectivity index (χ1n) is 5.26. The minimum Gasteiger partial charge on any atom is -0.495 e. The van der Waals surface area contributed by atoms with Crippen molar-refractivity contribution in [1.29, 1.82) is 0 Å². The van der Waals surface area contributed by atoms with Crippen molar-refractivity contribution in [2.45, 2.75) is 6.92 Å². The molecule has 0 spiro atoms. The zero-order valence-electron chi connectivity index (χ0n) is 9.92. The molecule has 18 heavy (non-hydrogen) atoms. The van der Waals surface area contributed by atoms with E-state index in [2.05, 4.69) is 19.9 Å². The lowest BCUT2D eigenvalue weighted by Gasteiger charge is -2.05. The fraction of sp³-hybridized carbons (Fsp3) is 0.273. The first kappa shape index (κ1) is 12.5. The molecule has 7 heteroatoms.